The second-order valence-electron chi connectivity index (χ2n) is 7.93. The van der Waals surface area contributed by atoms with Gasteiger partial charge in [-0.2, -0.15) is 0 Å². The van der Waals surface area contributed by atoms with Gasteiger partial charge in [0.15, 0.2) is 5.16 Å². The normalized spacial score (nSPS) is 19.0. The molecule has 1 fully saturated rings. The largest absolute Gasteiger partial charge is 0.375 e. The molecular formula is C23H26N2O2S. The van der Waals surface area contributed by atoms with Gasteiger partial charge in [0.2, 0.25) is 0 Å². The molecule has 0 N–H and O–H groups in total. The van der Waals surface area contributed by atoms with E-state index in [0.29, 0.717) is 12.0 Å². The number of benzene rings is 2. The van der Waals surface area contributed by atoms with E-state index in [4.69, 9.17) is 9.72 Å². The summed E-state index contributed by atoms with van der Waals surface area (Å²) >= 11 is 1.68. The first-order chi connectivity index (χ1) is 13.5. The van der Waals surface area contributed by atoms with Crippen molar-refractivity contribution in [1.29, 1.82) is 0 Å². The molecule has 2 aromatic carbocycles. The molecule has 0 spiro atoms. The number of para-hydroxylation sites is 1. The van der Waals surface area contributed by atoms with Crippen LogP contribution in [0.25, 0.3) is 10.9 Å². The molecule has 5 heteroatoms. The van der Waals surface area contributed by atoms with Crippen molar-refractivity contribution in [3.05, 3.63) is 70.5 Å². The van der Waals surface area contributed by atoms with E-state index in [1.165, 1.54) is 5.56 Å². The highest BCUT2D eigenvalue weighted by atomic mass is 32.2. The van der Waals surface area contributed by atoms with Crippen LogP contribution in [0.1, 0.15) is 38.3 Å². The molecular weight excluding hydrogens is 368 g/mol. The van der Waals surface area contributed by atoms with Crippen molar-refractivity contribution in [3.8, 4) is 0 Å². The van der Waals surface area contributed by atoms with Crippen molar-refractivity contribution in [2.45, 2.75) is 49.9 Å². The molecule has 146 valence electrons. The molecule has 0 bridgehead atoms. The zero-order chi connectivity index (χ0) is 19.6. The highest BCUT2D eigenvalue weighted by Gasteiger charge is 2.32. The Labute approximate surface area is 169 Å². The van der Waals surface area contributed by atoms with Gasteiger partial charge in [0.25, 0.3) is 5.56 Å². The maximum absolute atomic E-state index is 13.4. The molecule has 3 aromatic rings. The van der Waals surface area contributed by atoms with Crippen LogP contribution in [0.3, 0.4) is 0 Å². The lowest BCUT2D eigenvalue weighted by molar-refractivity contribution is -0.0708. The summed E-state index contributed by atoms with van der Waals surface area (Å²) < 4.78 is 7.81. The molecule has 4 nitrogen and oxygen atoms in total. The van der Waals surface area contributed by atoms with Crippen molar-refractivity contribution in [2.75, 3.05) is 12.4 Å². The summed E-state index contributed by atoms with van der Waals surface area (Å²) in [4.78, 5) is 18.2. The van der Waals surface area contributed by atoms with Crippen LogP contribution in [0.5, 0.6) is 0 Å². The van der Waals surface area contributed by atoms with Crippen LogP contribution in [-0.4, -0.2) is 27.5 Å². The minimum Gasteiger partial charge on any atom is -0.375 e. The first kappa shape index (κ1) is 19.2. The third-order valence-corrected chi connectivity index (χ3v) is 6.23. The lowest BCUT2D eigenvalue weighted by Gasteiger charge is -2.36. The molecule has 0 amide bonds. The summed E-state index contributed by atoms with van der Waals surface area (Å²) in [6.07, 6.45) is 2.61. The number of aromatic nitrogens is 2. The quantitative estimate of drug-likeness (QED) is 0.458. The zero-order valence-electron chi connectivity index (χ0n) is 16.4. The fraction of sp³-hybridized carbons (Fsp3) is 0.391. The third-order valence-electron chi connectivity index (χ3n) is 5.28. The average Bonchev–Trinajstić information content (AvgIpc) is 2.68. The Bertz CT molecular complexity index is 1010. The Kier molecular flexibility index (Phi) is 5.56. The Morgan fingerprint density at radius 3 is 2.68 bits per heavy atom. The number of fused-ring (bicyclic) bond motifs is 1. The third kappa shape index (κ3) is 4.15. The van der Waals surface area contributed by atoms with Crippen molar-refractivity contribution < 1.29 is 4.74 Å². The molecule has 0 radical (unpaired) electrons. The minimum absolute atomic E-state index is 0.0653. The molecule has 1 aromatic heterocycles. The Morgan fingerprint density at radius 2 is 1.89 bits per heavy atom. The standard InChI is InChI=1S/C23H26N2O2S/c1-23(2)16-18(12-14-27-23)25-21(26)19-10-6-7-11-20(19)24-22(25)28-15-13-17-8-4-3-5-9-17/h3-11,18H,12-16H2,1-2H3/t18-/m0/s1. The summed E-state index contributed by atoms with van der Waals surface area (Å²) in [7, 11) is 0. The molecule has 0 saturated carbocycles. The van der Waals surface area contributed by atoms with Crippen LogP contribution in [0.4, 0.5) is 0 Å². The predicted octanol–water partition coefficient (Wildman–Crippen LogP) is 4.86. The van der Waals surface area contributed by atoms with E-state index in [1.807, 2.05) is 34.9 Å². The van der Waals surface area contributed by atoms with Crippen LogP contribution < -0.4 is 5.56 Å². The molecule has 1 atom stereocenters. The highest BCUT2D eigenvalue weighted by Crippen LogP contribution is 2.34. The summed E-state index contributed by atoms with van der Waals surface area (Å²) in [5.74, 6) is 0.890. The molecule has 2 heterocycles. The average molecular weight is 395 g/mol. The van der Waals surface area contributed by atoms with E-state index in [2.05, 4.69) is 38.1 Å². The Balaban J connectivity index is 1.68. The number of thioether (sulfide) groups is 1. The summed E-state index contributed by atoms with van der Waals surface area (Å²) in [6, 6.07) is 18.2. The molecule has 1 aliphatic rings. The highest BCUT2D eigenvalue weighted by molar-refractivity contribution is 7.99. The van der Waals surface area contributed by atoms with Gasteiger partial charge in [-0.1, -0.05) is 54.2 Å². The summed E-state index contributed by atoms with van der Waals surface area (Å²) in [6.45, 7) is 4.87. The molecule has 0 aliphatic carbocycles. The SMILES string of the molecule is CC1(C)C[C@@H](n2c(SCCc3ccccc3)nc3ccccc3c2=O)CCO1. The topological polar surface area (TPSA) is 44.1 Å². The maximum Gasteiger partial charge on any atom is 0.262 e. The smallest absolute Gasteiger partial charge is 0.262 e. The van der Waals surface area contributed by atoms with Gasteiger partial charge in [0.05, 0.1) is 16.5 Å². The summed E-state index contributed by atoms with van der Waals surface area (Å²) in [5.41, 5.74) is 1.92. The van der Waals surface area contributed by atoms with Gasteiger partial charge in [-0.25, -0.2) is 4.98 Å². The van der Waals surface area contributed by atoms with Crippen LogP contribution in [0.2, 0.25) is 0 Å². The number of rotatable bonds is 5. The van der Waals surface area contributed by atoms with Gasteiger partial charge >= 0.3 is 0 Å². The first-order valence-corrected chi connectivity index (χ1v) is 10.8. The lowest BCUT2D eigenvalue weighted by Crippen LogP contribution is -2.39. The summed E-state index contributed by atoms with van der Waals surface area (Å²) in [5, 5.41) is 1.52. The van der Waals surface area contributed by atoms with Crippen LogP contribution in [0.15, 0.2) is 64.5 Å². The van der Waals surface area contributed by atoms with E-state index in [-0.39, 0.29) is 17.2 Å². The van der Waals surface area contributed by atoms with Crippen molar-refractivity contribution >= 4 is 22.7 Å². The second-order valence-corrected chi connectivity index (χ2v) is 8.99. The van der Waals surface area contributed by atoms with E-state index >= 15 is 0 Å². The number of ether oxygens (including phenoxy) is 1. The monoisotopic (exact) mass is 394 g/mol. The Morgan fingerprint density at radius 1 is 1.14 bits per heavy atom. The number of hydrogen-bond acceptors (Lipinski definition) is 4. The van der Waals surface area contributed by atoms with Crippen LogP contribution >= 0.6 is 11.8 Å². The predicted molar refractivity (Wildman–Crippen MR) is 115 cm³/mol. The van der Waals surface area contributed by atoms with E-state index in [1.54, 1.807) is 11.8 Å². The van der Waals surface area contributed by atoms with Gasteiger partial charge in [-0.3, -0.25) is 9.36 Å². The maximum atomic E-state index is 13.4. The van der Waals surface area contributed by atoms with Crippen LogP contribution in [0, 0.1) is 0 Å². The van der Waals surface area contributed by atoms with Gasteiger partial charge in [0, 0.05) is 18.4 Å². The van der Waals surface area contributed by atoms with Gasteiger partial charge in [-0.15, -0.1) is 0 Å². The van der Waals surface area contributed by atoms with E-state index < -0.39 is 0 Å². The zero-order valence-corrected chi connectivity index (χ0v) is 17.2. The van der Waals surface area contributed by atoms with E-state index in [9.17, 15) is 4.79 Å². The lowest BCUT2D eigenvalue weighted by atomic mass is 9.93. The van der Waals surface area contributed by atoms with Gasteiger partial charge in [0.1, 0.15) is 0 Å². The number of hydrogen-bond donors (Lipinski definition) is 0. The van der Waals surface area contributed by atoms with Crippen molar-refractivity contribution in [2.24, 2.45) is 0 Å². The molecule has 4 rings (SSSR count). The van der Waals surface area contributed by atoms with Gasteiger partial charge < -0.3 is 4.74 Å². The van der Waals surface area contributed by atoms with E-state index in [0.717, 1.165) is 35.7 Å². The number of aryl methyl sites for hydroxylation is 1. The minimum atomic E-state index is -0.222. The number of nitrogens with zero attached hydrogens (tertiary/aromatic N) is 2. The van der Waals surface area contributed by atoms with Gasteiger partial charge in [-0.05, 0) is 50.8 Å². The van der Waals surface area contributed by atoms with Crippen LogP contribution in [-0.2, 0) is 11.2 Å². The molecule has 0 unspecified atom stereocenters. The fourth-order valence-corrected chi connectivity index (χ4v) is 4.93. The van der Waals surface area contributed by atoms with Crippen molar-refractivity contribution in [1.82, 2.24) is 9.55 Å². The molecule has 1 saturated heterocycles. The molecule has 28 heavy (non-hydrogen) atoms. The van der Waals surface area contributed by atoms with Crippen molar-refractivity contribution in [3.63, 3.8) is 0 Å². The fourth-order valence-electron chi connectivity index (χ4n) is 3.87. The first-order valence-electron chi connectivity index (χ1n) is 9.85. The second kappa shape index (κ2) is 8.10. The Hall–Kier alpha value is -2.11. The molecule has 1 aliphatic heterocycles.